The summed E-state index contributed by atoms with van der Waals surface area (Å²) in [5.41, 5.74) is 4.66. The van der Waals surface area contributed by atoms with Gasteiger partial charge in [-0.25, -0.2) is 9.78 Å². The van der Waals surface area contributed by atoms with Crippen molar-refractivity contribution >= 4 is 73.4 Å². The number of sulfonamides is 1. The first-order chi connectivity index (χ1) is 51.1. The van der Waals surface area contributed by atoms with Crippen LogP contribution in [0.1, 0.15) is 221 Å². The van der Waals surface area contributed by atoms with E-state index in [1.165, 1.54) is 17.8 Å². The van der Waals surface area contributed by atoms with Gasteiger partial charge in [-0.15, -0.1) is 0 Å². The molecule has 1 aliphatic heterocycles. The average molecular weight is 1560 g/mol. The number of carbonyl (C=O) groups excluding carboxylic acids is 5. The van der Waals surface area contributed by atoms with Gasteiger partial charge in [0.15, 0.2) is 5.03 Å². The first kappa shape index (κ1) is 94.1. The zero-order valence-corrected chi connectivity index (χ0v) is 66.5. The van der Waals surface area contributed by atoms with Gasteiger partial charge in [0.05, 0.1) is 36.2 Å². The lowest BCUT2D eigenvalue weighted by Crippen LogP contribution is -2.41. The summed E-state index contributed by atoms with van der Waals surface area (Å²) in [7, 11) is -3.89. The largest absolute Gasteiger partial charge is 0.512 e. The number of aliphatic hydroxyl groups is 3. The predicted molar refractivity (Wildman–Crippen MR) is 428 cm³/mol. The third kappa shape index (κ3) is 40.0. The lowest BCUT2D eigenvalue weighted by atomic mass is 9.80. The number of aliphatic hydroxyl groups excluding tert-OH is 1. The Morgan fingerprint density at radius 2 is 1.08 bits per heavy atom. The number of carbonyl (C=O) groups is 7. The van der Waals surface area contributed by atoms with Gasteiger partial charge in [-0.05, 0) is 156 Å². The van der Waals surface area contributed by atoms with Gasteiger partial charge in [-0.1, -0.05) is 247 Å². The number of alkyl halides is 1. The minimum absolute atomic E-state index is 0.0504. The quantitative estimate of drug-likeness (QED) is 0.0122. The molecule has 8 rings (SSSR count). The molecule has 107 heavy (non-hydrogen) atoms. The van der Waals surface area contributed by atoms with Crippen molar-refractivity contribution in [3.05, 3.63) is 245 Å². The van der Waals surface area contributed by atoms with Crippen LogP contribution in [0.5, 0.6) is 0 Å². The number of aromatic nitrogens is 1. The molecule has 0 radical (unpaired) electrons. The number of benzene rings is 6. The molecule has 0 fully saturated rings. The molecular formula is C87H115BrN2O16S. The van der Waals surface area contributed by atoms with Crippen LogP contribution in [0.4, 0.5) is 5.69 Å². The number of nitrogens with one attached hydrogen (secondary N) is 1. The number of esters is 2. The molecule has 18 nitrogen and oxygen atoms in total. The highest BCUT2D eigenvalue weighted by Gasteiger charge is 2.43. The number of carboxylic acids is 2. The van der Waals surface area contributed by atoms with E-state index in [2.05, 4.69) is 54.6 Å². The molecule has 4 atom stereocenters. The monoisotopic (exact) mass is 1550 g/mol. The number of aliphatic carboxylic acids is 2. The van der Waals surface area contributed by atoms with Crippen LogP contribution in [0.15, 0.2) is 211 Å². The summed E-state index contributed by atoms with van der Waals surface area (Å²) >= 11 is 2.94. The zero-order chi connectivity index (χ0) is 79.5. The lowest BCUT2D eigenvalue weighted by molar-refractivity contribution is -0.161. The normalized spacial score (nSPS) is 14.1. The van der Waals surface area contributed by atoms with E-state index in [4.69, 9.17) is 14.9 Å². The molecule has 0 saturated heterocycles. The van der Waals surface area contributed by atoms with Crippen LogP contribution in [0, 0.1) is 6.92 Å². The van der Waals surface area contributed by atoms with E-state index in [1.807, 2.05) is 170 Å². The fraction of sp³-hybridized carbons (Fsp3) is 0.425. The number of aldehydes is 1. The number of pyridine rings is 1. The van der Waals surface area contributed by atoms with Crippen LogP contribution in [-0.4, -0.2) is 109 Å². The minimum atomic E-state index is -3.89. The Bertz CT molecular complexity index is 3760. The van der Waals surface area contributed by atoms with Gasteiger partial charge in [-0.2, -0.15) is 8.42 Å². The second-order valence-corrected chi connectivity index (χ2v) is 28.7. The van der Waals surface area contributed by atoms with Crippen molar-refractivity contribution in [2.24, 2.45) is 0 Å². The summed E-state index contributed by atoms with van der Waals surface area (Å²) in [5, 5.41) is 49.6. The molecule has 582 valence electrons. The summed E-state index contributed by atoms with van der Waals surface area (Å²) in [6.45, 7) is 17.6. The molecule has 0 amide bonds. The number of ether oxygens (including phenoxy) is 2. The average Bonchev–Trinajstić information content (AvgIpc) is 0.779. The number of ketones is 2. The number of Topliss-reactive ketones (excluding diaryl/α,β-unsaturated/α-hetero) is 2. The molecule has 1 aromatic heterocycles. The highest BCUT2D eigenvalue weighted by atomic mass is 79.9. The van der Waals surface area contributed by atoms with Gasteiger partial charge >= 0.3 is 23.9 Å². The molecule has 2 heterocycles. The maximum atomic E-state index is 13.4. The van der Waals surface area contributed by atoms with E-state index < -0.39 is 50.7 Å². The van der Waals surface area contributed by atoms with Gasteiger partial charge < -0.3 is 39.8 Å². The molecule has 7 aromatic rings. The van der Waals surface area contributed by atoms with Gasteiger partial charge in [0.25, 0.3) is 10.0 Å². The number of hydrogen-bond donors (Lipinski definition) is 6. The first-order valence-electron chi connectivity index (χ1n) is 37.1. The molecular weight excluding hydrogens is 1440 g/mol. The second kappa shape index (κ2) is 52.9. The molecule has 0 spiro atoms. The Morgan fingerprint density at radius 3 is 1.45 bits per heavy atom. The Labute approximate surface area is 644 Å². The second-order valence-electron chi connectivity index (χ2n) is 26.5. The number of halogens is 1. The number of hydrogen-bond acceptors (Lipinski definition) is 15. The maximum absolute atomic E-state index is 13.4. The molecule has 20 heteroatoms. The molecule has 0 saturated carbocycles. The zero-order valence-electron chi connectivity index (χ0n) is 64.1. The van der Waals surface area contributed by atoms with Crippen molar-refractivity contribution in [2.75, 3.05) is 16.7 Å². The van der Waals surface area contributed by atoms with Crippen molar-refractivity contribution in [1.29, 1.82) is 0 Å². The van der Waals surface area contributed by atoms with Gasteiger partial charge in [0, 0.05) is 49.0 Å². The van der Waals surface area contributed by atoms with Crippen molar-refractivity contribution in [3.63, 3.8) is 0 Å². The number of anilines is 1. The standard InChI is InChI=1S/C31H36N2O5S.2C14H20O3.C12H16O.C7H6O.C5H10O.C4H7BrO2/c1-4-17-31(18-16-23-10-7-6-8-11-23)20-27(34)29(30(35)38-31)26(5-2)24-12-9-13-25(19-24)33-39(36,37)28-15-14-22(3)21-32-28;2*1-2-9-14(17,11-13(15)16)10-8-12-6-4-3-5-7-12;1-2-6-12(13)10-9-11-7-4-3-5-8-11;8-6-7-4-2-1-3-5-7;1-3-4-5(2)6;1-2-7-4(6)3-5/h6-15,19,21,26,33-34H,4-5,16-18,20H2,1-3H3;2*3-7,17H,2,8-11H2,1H3,(H,15,16);3-5,7-8H,2,6,9-10H2,1H3;1-6H;3-4H2,1-2H3;2-3H2,1H3/t26-,31-;14-;;;;;/m11...../s1. The van der Waals surface area contributed by atoms with Crippen molar-refractivity contribution in [1.82, 2.24) is 4.98 Å². The third-order valence-corrected chi connectivity index (χ3v) is 18.8. The van der Waals surface area contributed by atoms with Crippen LogP contribution in [0.25, 0.3) is 0 Å². The Balaban J connectivity index is 0.000000477. The van der Waals surface area contributed by atoms with E-state index in [9.17, 15) is 57.3 Å². The van der Waals surface area contributed by atoms with Crippen molar-refractivity contribution in [3.8, 4) is 0 Å². The number of nitrogens with zero attached hydrogens (tertiary/aromatic N) is 1. The number of cyclic esters (lactones) is 1. The predicted octanol–water partition coefficient (Wildman–Crippen LogP) is 18.7. The third-order valence-electron chi connectivity index (χ3n) is 17.1. The summed E-state index contributed by atoms with van der Waals surface area (Å²) < 4.78 is 38.9. The Kier molecular flexibility index (Phi) is 46.6. The minimum Gasteiger partial charge on any atom is -0.512 e. The lowest BCUT2D eigenvalue weighted by Gasteiger charge is -2.38. The SMILES string of the molecule is CCCC(=O)CCc1ccccc1.CCCC(C)=O.CCCC(O)(CCc1ccccc1)CC(=O)O.CCC[C@@](O)(CCc1ccccc1)CC(=O)O.CCC[C@@]1(CCc2ccccc2)CC(O)=C([C@H](CC)c2cccc(NS(=O)(=O)c3ccc(C)cn3)c2)C(=O)O1.CCOC(=O)CBr.O=Cc1ccccc1. The van der Waals surface area contributed by atoms with Gasteiger partial charge in [0.1, 0.15) is 34.5 Å². The van der Waals surface area contributed by atoms with Crippen LogP contribution in [0.3, 0.4) is 0 Å². The topological polar surface area (TPSA) is 298 Å². The van der Waals surface area contributed by atoms with Crippen molar-refractivity contribution in [2.45, 2.75) is 231 Å². The molecule has 0 aliphatic carbocycles. The summed E-state index contributed by atoms with van der Waals surface area (Å²) in [5.74, 6) is -2.32. The van der Waals surface area contributed by atoms with E-state index in [1.54, 1.807) is 50.2 Å². The van der Waals surface area contributed by atoms with Crippen LogP contribution in [0.2, 0.25) is 0 Å². The molecule has 0 bridgehead atoms. The first-order valence-corrected chi connectivity index (χ1v) is 39.7. The summed E-state index contributed by atoms with van der Waals surface area (Å²) in [6, 6.07) is 59.0. The van der Waals surface area contributed by atoms with E-state index >= 15 is 0 Å². The molecule has 6 aromatic carbocycles. The van der Waals surface area contributed by atoms with Crippen LogP contribution in [-0.2, 0) is 73.9 Å². The van der Waals surface area contributed by atoms with Crippen LogP contribution < -0.4 is 4.72 Å². The fourth-order valence-corrected chi connectivity index (χ4v) is 13.0. The van der Waals surface area contributed by atoms with Crippen LogP contribution >= 0.6 is 15.9 Å². The van der Waals surface area contributed by atoms with E-state index in [0.29, 0.717) is 93.2 Å². The molecule has 1 unspecified atom stereocenters. The van der Waals surface area contributed by atoms with E-state index in [-0.39, 0.29) is 47.4 Å². The highest BCUT2D eigenvalue weighted by Crippen LogP contribution is 2.42. The molecule has 6 N–H and O–H groups in total. The Morgan fingerprint density at radius 1 is 0.607 bits per heavy atom. The summed E-state index contributed by atoms with van der Waals surface area (Å²) in [4.78, 5) is 80.4. The Hall–Kier alpha value is -8.95. The number of aryl methyl sites for hydroxylation is 5. The molecule has 1 aliphatic rings. The maximum Gasteiger partial charge on any atom is 0.338 e. The number of carboxylic acid groups (broad SMARTS) is 2. The highest BCUT2D eigenvalue weighted by molar-refractivity contribution is 9.09. The van der Waals surface area contributed by atoms with Crippen molar-refractivity contribution < 1.29 is 77.0 Å². The smallest absolute Gasteiger partial charge is 0.338 e. The number of rotatable bonds is 35. The summed E-state index contributed by atoms with van der Waals surface area (Å²) in [6.07, 6.45) is 15.7. The van der Waals surface area contributed by atoms with E-state index in [0.717, 1.165) is 91.9 Å². The fourth-order valence-electron chi connectivity index (χ4n) is 11.8. The van der Waals surface area contributed by atoms with Gasteiger partial charge in [0.2, 0.25) is 0 Å². The van der Waals surface area contributed by atoms with Gasteiger partial charge in [-0.3, -0.25) is 28.7 Å².